The minimum Gasteiger partial charge on any atom is -0.390 e. The van der Waals surface area contributed by atoms with E-state index in [1.165, 1.54) is 12.0 Å². The van der Waals surface area contributed by atoms with Gasteiger partial charge in [0, 0.05) is 5.41 Å². The smallest absolute Gasteiger partial charge is 0.0938 e. The summed E-state index contributed by atoms with van der Waals surface area (Å²) in [6.07, 6.45) is 5.76. The van der Waals surface area contributed by atoms with E-state index in [1.807, 2.05) is 6.92 Å². The molecule has 0 saturated heterocycles. The Bertz CT molecular complexity index is 453. The summed E-state index contributed by atoms with van der Waals surface area (Å²) in [5.74, 6) is 2.82. The van der Waals surface area contributed by atoms with Crippen LogP contribution in [0, 0.1) is 35.0 Å². The SMILES string of the molecule is C=C1CCC(C(C)C)[C@H]2[C@H]1CC[C@@]21C(C)CCC(O)[C@]1(C)O. The van der Waals surface area contributed by atoms with Gasteiger partial charge in [0.15, 0.2) is 0 Å². The van der Waals surface area contributed by atoms with Crippen LogP contribution < -0.4 is 0 Å². The molecule has 3 unspecified atom stereocenters. The summed E-state index contributed by atoms with van der Waals surface area (Å²) >= 11 is 0. The van der Waals surface area contributed by atoms with Crippen LogP contribution in [-0.4, -0.2) is 21.9 Å². The molecule has 126 valence electrons. The predicted octanol–water partition coefficient (Wildman–Crippen LogP) is 4.16. The molecular weight excluding hydrogens is 272 g/mol. The lowest BCUT2D eigenvalue weighted by Gasteiger charge is -2.59. The first-order valence-electron chi connectivity index (χ1n) is 9.31. The zero-order valence-corrected chi connectivity index (χ0v) is 14.8. The maximum Gasteiger partial charge on any atom is 0.0938 e. The van der Waals surface area contributed by atoms with Gasteiger partial charge in [-0.2, -0.15) is 0 Å². The van der Waals surface area contributed by atoms with Gasteiger partial charge in [0.1, 0.15) is 0 Å². The normalized spacial score (nSPS) is 52.3. The Morgan fingerprint density at radius 1 is 1.18 bits per heavy atom. The minimum atomic E-state index is -0.963. The van der Waals surface area contributed by atoms with Gasteiger partial charge in [-0.3, -0.25) is 0 Å². The first-order valence-corrected chi connectivity index (χ1v) is 9.31. The first-order chi connectivity index (χ1) is 10.2. The molecule has 0 aromatic heterocycles. The summed E-state index contributed by atoms with van der Waals surface area (Å²) in [6, 6.07) is 0. The van der Waals surface area contributed by atoms with Gasteiger partial charge in [-0.25, -0.2) is 0 Å². The highest BCUT2D eigenvalue weighted by molar-refractivity contribution is 5.22. The molecule has 2 nitrogen and oxygen atoms in total. The molecule has 3 rings (SSSR count). The highest BCUT2D eigenvalue weighted by Gasteiger charge is 2.66. The van der Waals surface area contributed by atoms with Crippen LogP contribution in [0.15, 0.2) is 12.2 Å². The Kier molecular flexibility index (Phi) is 4.01. The van der Waals surface area contributed by atoms with E-state index >= 15 is 0 Å². The van der Waals surface area contributed by atoms with Crippen molar-refractivity contribution < 1.29 is 10.2 Å². The summed E-state index contributed by atoms with van der Waals surface area (Å²) in [5.41, 5.74) is 0.310. The van der Waals surface area contributed by atoms with Gasteiger partial charge in [-0.15, -0.1) is 0 Å². The number of rotatable bonds is 1. The number of hydrogen-bond acceptors (Lipinski definition) is 2. The fourth-order valence-electron chi connectivity index (χ4n) is 6.62. The Hall–Kier alpha value is -0.340. The average Bonchev–Trinajstić information content (AvgIpc) is 2.85. The van der Waals surface area contributed by atoms with Crippen LogP contribution in [0.5, 0.6) is 0 Å². The Balaban J connectivity index is 2.09. The maximum atomic E-state index is 11.4. The van der Waals surface area contributed by atoms with Gasteiger partial charge in [-0.05, 0) is 75.0 Å². The van der Waals surface area contributed by atoms with Crippen LogP contribution in [0.4, 0.5) is 0 Å². The molecule has 2 N–H and O–H groups in total. The number of aliphatic hydroxyl groups is 2. The van der Waals surface area contributed by atoms with E-state index in [-0.39, 0.29) is 5.41 Å². The molecule has 0 radical (unpaired) electrons. The fourth-order valence-corrected chi connectivity index (χ4v) is 6.62. The van der Waals surface area contributed by atoms with Gasteiger partial charge < -0.3 is 10.2 Å². The molecule has 7 atom stereocenters. The van der Waals surface area contributed by atoms with Crippen LogP contribution in [0.2, 0.25) is 0 Å². The fraction of sp³-hybridized carbons (Fsp3) is 0.900. The Morgan fingerprint density at radius 3 is 2.50 bits per heavy atom. The molecule has 0 aromatic rings. The topological polar surface area (TPSA) is 40.5 Å². The molecule has 3 aliphatic carbocycles. The van der Waals surface area contributed by atoms with Crippen LogP contribution in [0.3, 0.4) is 0 Å². The largest absolute Gasteiger partial charge is 0.390 e. The molecule has 3 saturated carbocycles. The molecule has 22 heavy (non-hydrogen) atoms. The zero-order valence-electron chi connectivity index (χ0n) is 14.8. The van der Waals surface area contributed by atoms with Crippen molar-refractivity contribution in [1.82, 2.24) is 0 Å². The molecule has 0 bridgehead atoms. The van der Waals surface area contributed by atoms with Crippen molar-refractivity contribution in [3.8, 4) is 0 Å². The summed E-state index contributed by atoms with van der Waals surface area (Å²) in [4.78, 5) is 0. The highest BCUT2D eigenvalue weighted by atomic mass is 16.3. The van der Waals surface area contributed by atoms with Crippen molar-refractivity contribution in [2.45, 2.75) is 77.9 Å². The van der Waals surface area contributed by atoms with Crippen molar-refractivity contribution in [3.63, 3.8) is 0 Å². The van der Waals surface area contributed by atoms with Gasteiger partial charge in [0.25, 0.3) is 0 Å². The Labute approximate surface area is 136 Å². The average molecular weight is 306 g/mol. The lowest BCUT2D eigenvalue weighted by atomic mass is 9.48. The third-order valence-electron chi connectivity index (χ3n) is 7.88. The third kappa shape index (κ3) is 1.99. The monoisotopic (exact) mass is 306 g/mol. The lowest BCUT2D eigenvalue weighted by Crippen LogP contribution is -2.63. The van der Waals surface area contributed by atoms with E-state index in [9.17, 15) is 10.2 Å². The lowest BCUT2D eigenvalue weighted by molar-refractivity contribution is -0.221. The van der Waals surface area contributed by atoms with Gasteiger partial charge in [0.2, 0.25) is 0 Å². The predicted molar refractivity (Wildman–Crippen MR) is 90.4 cm³/mol. The van der Waals surface area contributed by atoms with Crippen LogP contribution in [0.25, 0.3) is 0 Å². The second kappa shape index (κ2) is 5.34. The number of aliphatic hydroxyl groups excluding tert-OH is 1. The minimum absolute atomic E-state index is 0.131. The summed E-state index contributed by atoms with van der Waals surface area (Å²) < 4.78 is 0. The standard InChI is InChI=1S/C20H34O2/c1-12(2)15-8-6-13(3)16-10-11-20(18(15)16)14(4)7-9-17(21)19(20,5)22/h12,14-18,21-22H,3,6-11H2,1-2,4-5H3/t14?,15?,16-,17?,18-,19-,20+/m0/s1. The molecule has 0 aliphatic heterocycles. The van der Waals surface area contributed by atoms with E-state index < -0.39 is 11.7 Å². The van der Waals surface area contributed by atoms with Crippen molar-refractivity contribution in [2.75, 3.05) is 0 Å². The van der Waals surface area contributed by atoms with E-state index in [0.717, 1.165) is 32.1 Å². The molecule has 3 fully saturated rings. The van der Waals surface area contributed by atoms with Crippen molar-refractivity contribution in [1.29, 1.82) is 0 Å². The number of allylic oxidation sites excluding steroid dienone is 1. The summed E-state index contributed by atoms with van der Waals surface area (Å²) in [5, 5.41) is 22.0. The summed E-state index contributed by atoms with van der Waals surface area (Å²) in [7, 11) is 0. The second-order valence-corrected chi connectivity index (χ2v) is 8.96. The molecule has 0 heterocycles. The van der Waals surface area contributed by atoms with Crippen LogP contribution in [0.1, 0.15) is 66.2 Å². The van der Waals surface area contributed by atoms with Gasteiger partial charge in [-0.1, -0.05) is 32.9 Å². The van der Waals surface area contributed by atoms with E-state index in [1.54, 1.807) is 0 Å². The molecule has 1 spiro atoms. The van der Waals surface area contributed by atoms with Crippen LogP contribution in [-0.2, 0) is 0 Å². The number of hydrogen-bond donors (Lipinski definition) is 2. The molecule has 3 aliphatic rings. The van der Waals surface area contributed by atoms with Gasteiger partial charge >= 0.3 is 0 Å². The highest BCUT2D eigenvalue weighted by Crippen LogP contribution is 2.67. The molecule has 2 heteroatoms. The molecular formula is C20H34O2. The molecule has 0 amide bonds. The quantitative estimate of drug-likeness (QED) is 0.714. The van der Waals surface area contributed by atoms with E-state index in [4.69, 9.17) is 0 Å². The summed E-state index contributed by atoms with van der Waals surface area (Å²) in [6.45, 7) is 13.3. The first kappa shape index (κ1) is 16.5. The third-order valence-corrected chi connectivity index (χ3v) is 7.88. The van der Waals surface area contributed by atoms with Crippen LogP contribution >= 0.6 is 0 Å². The number of fused-ring (bicyclic) bond motifs is 2. The van der Waals surface area contributed by atoms with Crippen molar-refractivity contribution in [3.05, 3.63) is 12.2 Å². The van der Waals surface area contributed by atoms with E-state index in [0.29, 0.717) is 29.6 Å². The van der Waals surface area contributed by atoms with Crippen molar-refractivity contribution >= 4 is 0 Å². The second-order valence-electron chi connectivity index (χ2n) is 8.96. The molecule has 0 aromatic carbocycles. The maximum absolute atomic E-state index is 11.4. The Morgan fingerprint density at radius 2 is 1.86 bits per heavy atom. The van der Waals surface area contributed by atoms with E-state index in [2.05, 4.69) is 27.4 Å². The van der Waals surface area contributed by atoms with Gasteiger partial charge in [0.05, 0.1) is 11.7 Å². The zero-order chi connectivity index (χ0) is 16.3. The van der Waals surface area contributed by atoms with Crippen molar-refractivity contribution in [2.24, 2.45) is 35.0 Å².